The number of ether oxygens (including phenoxy) is 2. The zero-order valence-corrected chi connectivity index (χ0v) is 15.7. The SMILES string of the molecule is O=c1ccn([C@@H]2O[C@H](CO)C(O)C2OC(=S)N2CCS(=O)(=O)CC2)c(=O)[nH]1. The van der Waals surface area contributed by atoms with Crippen LogP contribution in [-0.2, 0) is 19.3 Å². The number of rotatable bonds is 3. The van der Waals surface area contributed by atoms with Gasteiger partial charge in [0.05, 0.1) is 18.1 Å². The lowest BCUT2D eigenvalue weighted by Gasteiger charge is -2.31. The monoisotopic (exact) mass is 421 g/mol. The Labute approximate surface area is 159 Å². The average Bonchev–Trinajstić information content (AvgIpc) is 2.91. The Balaban J connectivity index is 1.81. The molecule has 0 amide bonds. The van der Waals surface area contributed by atoms with E-state index in [2.05, 4.69) is 4.98 Å². The fraction of sp³-hybridized carbons (Fsp3) is 0.643. The molecule has 3 N–H and O–H groups in total. The molecule has 0 aromatic carbocycles. The molecule has 0 radical (unpaired) electrons. The van der Waals surface area contributed by atoms with E-state index in [9.17, 15) is 28.2 Å². The lowest BCUT2D eigenvalue weighted by molar-refractivity contribution is -0.0543. The van der Waals surface area contributed by atoms with Gasteiger partial charge in [0, 0.05) is 25.4 Å². The molecule has 4 atom stereocenters. The van der Waals surface area contributed by atoms with E-state index < -0.39 is 52.2 Å². The Morgan fingerprint density at radius 1 is 1.37 bits per heavy atom. The first kappa shape index (κ1) is 19.9. The molecule has 0 aliphatic carbocycles. The number of nitrogens with one attached hydrogen (secondary N) is 1. The van der Waals surface area contributed by atoms with E-state index in [4.69, 9.17) is 21.7 Å². The second-order valence-electron chi connectivity index (χ2n) is 6.24. The van der Waals surface area contributed by atoms with E-state index in [1.165, 1.54) is 6.20 Å². The predicted molar refractivity (Wildman–Crippen MR) is 96.0 cm³/mol. The van der Waals surface area contributed by atoms with Crippen molar-refractivity contribution in [2.45, 2.75) is 24.5 Å². The van der Waals surface area contributed by atoms with Crippen LogP contribution in [0.15, 0.2) is 21.9 Å². The molecule has 3 heterocycles. The van der Waals surface area contributed by atoms with Crippen LogP contribution < -0.4 is 11.2 Å². The van der Waals surface area contributed by atoms with E-state index in [0.29, 0.717) is 0 Å². The number of sulfone groups is 1. The summed E-state index contributed by atoms with van der Waals surface area (Å²) in [6.07, 6.45) is -3.43. The Kier molecular flexibility index (Phi) is 5.67. The number of hydrogen-bond donors (Lipinski definition) is 3. The second-order valence-corrected chi connectivity index (χ2v) is 8.90. The quantitative estimate of drug-likeness (QED) is 0.436. The number of aliphatic hydroxyl groups excluding tert-OH is 2. The smallest absolute Gasteiger partial charge is 0.330 e. The van der Waals surface area contributed by atoms with Crippen molar-refractivity contribution < 1.29 is 28.1 Å². The lowest BCUT2D eigenvalue weighted by Crippen LogP contribution is -2.47. The molecule has 2 unspecified atom stereocenters. The summed E-state index contributed by atoms with van der Waals surface area (Å²) >= 11 is 5.20. The number of hydrogen-bond acceptors (Lipinski definition) is 9. The normalized spacial score (nSPS) is 30.2. The van der Waals surface area contributed by atoms with Crippen molar-refractivity contribution in [3.63, 3.8) is 0 Å². The summed E-state index contributed by atoms with van der Waals surface area (Å²) in [6, 6.07) is 1.11. The van der Waals surface area contributed by atoms with Crippen LogP contribution in [0.4, 0.5) is 0 Å². The molecule has 0 spiro atoms. The van der Waals surface area contributed by atoms with Crippen molar-refractivity contribution in [1.82, 2.24) is 14.5 Å². The van der Waals surface area contributed by atoms with Crippen molar-refractivity contribution in [2.24, 2.45) is 0 Å². The summed E-state index contributed by atoms with van der Waals surface area (Å²) in [5.41, 5.74) is -1.38. The topological polar surface area (TPSA) is 151 Å². The van der Waals surface area contributed by atoms with Crippen LogP contribution in [0.5, 0.6) is 0 Å². The average molecular weight is 421 g/mol. The first-order valence-electron chi connectivity index (χ1n) is 8.14. The summed E-state index contributed by atoms with van der Waals surface area (Å²) in [4.78, 5) is 26.9. The van der Waals surface area contributed by atoms with Gasteiger partial charge in [-0.05, 0) is 12.2 Å². The number of nitrogens with zero attached hydrogens (tertiary/aromatic N) is 2. The van der Waals surface area contributed by atoms with Crippen LogP contribution in [0.2, 0.25) is 0 Å². The molecule has 2 aliphatic heterocycles. The fourth-order valence-electron chi connectivity index (χ4n) is 2.93. The third-order valence-electron chi connectivity index (χ3n) is 4.46. The van der Waals surface area contributed by atoms with Crippen molar-refractivity contribution in [3.8, 4) is 0 Å². The molecule has 0 saturated carbocycles. The Bertz CT molecular complexity index is 913. The minimum atomic E-state index is -3.11. The summed E-state index contributed by atoms with van der Waals surface area (Å²) in [5.74, 6) is -0.134. The minimum Gasteiger partial charge on any atom is -0.460 e. The molecule has 0 bridgehead atoms. The number of aromatic nitrogens is 2. The first-order valence-corrected chi connectivity index (χ1v) is 10.4. The highest BCUT2D eigenvalue weighted by atomic mass is 32.2. The zero-order chi connectivity index (χ0) is 19.8. The number of thiocarbonyl (C=S) groups is 1. The van der Waals surface area contributed by atoms with Crippen LogP contribution in [0.3, 0.4) is 0 Å². The highest BCUT2D eigenvalue weighted by Gasteiger charge is 2.47. The summed E-state index contributed by atoms with van der Waals surface area (Å²) in [5, 5.41) is 19.7. The number of aromatic amines is 1. The van der Waals surface area contributed by atoms with Crippen molar-refractivity contribution in [3.05, 3.63) is 33.1 Å². The summed E-state index contributed by atoms with van der Waals surface area (Å²) in [7, 11) is -3.11. The van der Waals surface area contributed by atoms with E-state index in [0.717, 1.165) is 10.6 Å². The van der Waals surface area contributed by atoms with E-state index >= 15 is 0 Å². The zero-order valence-electron chi connectivity index (χ0n) is 14.1. The van der Waals surface area contributed by atoms with Crippen LogP contribution in [0.25, 0.3) is 0 Å². The standard InChI is InChI=1S/C14H19N3O8S2/c18-7-8-10(20)11(12(24-8)17-2-1-9(19)15-13(17)21)25-14(26)16-3-5-27(22,23)6-4-16/h1-2,8,10-12,18,20H,3-7H2,(H,15,19,21)/t8-,10?,11?,12-/m1/s1. The van der Waals surface area contributed by atoms with Crippen molar-refractivity contribution in [1.29, 1.82) is 0 Å². The predicted octanol–water partition coefficient (Wildman–Crippen LogP) is -2.81. The van der Waals surface area contributed by atoms with E-state index in [-0.39, 0.29) is 29.8 Å². The third-order valence-corrected chi connectivity index (χ3v) is 6.42. The van der Waals surface area contributed by atoms with Gasteiger partial charge < -0.3 is 24.6 Å². The molecule has 13 heteroatoms. The van der Waals surface area contributed by atoms with Gasteiger partial charge in [-0.3, -0.25) is 14.3 Å². The lowest BCUT2D eigenvalue weighted by atomic mass is 10.1. The molecule has 2 saturated heterocycles. The number of aliphatic hydroxyl groups is 2. The molecule has 2 fully saturated rings. The van der Waals surface area contributed by atoms with Gasteiger partial charge in [0.1, 0.15) is 12.2 Å². The maximum atomic E-state index is 12.1. The second kappa shape index (κ2) is 7.67. The van der Waals surface area contributed by atoms with Crippen LogP contribution in [0.1, 0.15) is 6.23 Å². The van der Waals surface area contributed by atoms with Gasteiger partial charge in [-0.2, -0.15) is 0 Å². The highest BCUT2D eigenvalue weighted by Crippen LogP contribution is 2.31. The fourth-order valence-corrected chi connectivity index (χ4v) is 4.43. The molecule has 3 rings (SSSR count). The van der Waals surface area contributed by atoms with E-state index in [1.807, 2.05) is 0 Å². The third kappa shape index (κ3) is 4.21. The molecule has 1 aromatic rings. The van der Waals surface area contributed by atoms with Gasteiger partial charge in [0.2, 0.25) is 0 Å². The van der Waals surface area contributed by atoms with Gasteiger partial charge in [0.15, 0.2) is 22.2 Å². The Morgan fingerprint density at radius 2 is 2.04 bits per heavy atom. The molecule has 1 aromatic heterocycles. The van der Waals surface area contributed by atoms with Gasteiger partial charge >= 0.3 is 5.69 Å². The summed E-state index contributed by atoms with van der Waals surface area (Å²) < 4.78 is 35.2. The number of H-pyrrole nitrogens is 1. The largest absolute Gasteiger partial charge is 0.460 e. The summed E-state index contributed by atoms with van der Waals surface area (Å²) in [6.45, 7) is -0.223. The van der Waals surface area contributed by atoms with E-state index in [1.54, 1.807) is 4.90 Å². The van der Waals surface area contributed by atoms with Crippen LogP contribution in [0, 0.1) is 0 Å². The molecule has 27 heavy (non-hydrogen) atoms. The van der Waals surface area contributed by atoms with Gasteiger partial charge in [-0.15, -0.1) is 0 Å². The van der Waals surface area contributed by atoms with Crippen LogP contribution >= 0.6 is 12.2 Å². The molecule has 2 aliphatic rings. The molecule has 150 valence electrons. The molecular formula is C14H19N3O8S2. The van der Waals surface area contributed by atoms with Gasteiger partial charge in [-0.1, -0.05) is 0 Å². The highest BCUT2D eigenvalue weighted by molar-refractivity contribution is 7.91. The van der Waals surface area contributed by atoms with Crippen molar-refractivity contribution >= 4 is 27.2 Å². The van der Waals surface area contributed by atoms with Gasteiger partial charge in [0.25, 0.3) is 10.7 Å². The Hall–Kier alpha value is -1.80. The van der Waals surface area contributed by atoms with Gasteiger partial charge in [-0.25, -0.2) is 13.2 Å². The van der Waals surface area contributed by atoms with Crippen LogP contribution in [-0.4, -0.2) is 87.8 Å². The minimum absolute atomic E-state index is 0.0430. The van der Waals surface area contributed by atoms with Crippen molar-refractivity contribution in [2.75, 3.05) is 31.2 Å². The maximum absolute atomic E-state index is 12.1. The maximum Gasteiger partial charge on any atom is 0.330 e. The first-order chi connectivity index (χ1) is 12.7. The molecular weight excluding hydrogens is 402 g/mol. The Morgan fingerprint density at radius 3 is 2.63 bits per heavy atom. The molecule has 11 nitrogen and oxygen atoms in total.